The molecule has 2 aromatic rings. The van der Waals surface area contributed by atoms with Gasteiger partial charge in [0.15, 0.2) is 0 Å². The molecule has 0 aromatic heterocycles. The number of rotatable bonds is 3. The predicted molar refractivity (Wildman–Crippen MR) is 93.5 cm³/mol. The summed E-state index contributed by atoms with van der Waals surface area (Å²) in [7, 11) is 0.629. The van der Waals surface area contributed by atoms with Crippen molar-refractivity contribution in [1.82, 2.24) is 0 Å². The zero-order valence-corrected chi connectivity index (χ0v) is 16.0. The summed E-state index contributed by atoms with van der Waals surface area (Å²) < 4.78 is 83.0. The minimum Gasteiger partial charge on any atom is -0.497 e. The third-order valence-electron chi connectivity index (χ3n) is 3.31. The molecule has 0 fully saturated rings. The first kappa shape index (κ1) is 24.1. The Labute approximate surface area is 165 Å². The third-order valence-corrected chi connectivity index (χ3v) is 3.93. The molecular weight excluding hydrogens is 461 g/mol. The molecule has 0 saturated heterocycles. The minimum absolute atomic E-state index is 0.00185. The van der Waals surface area contributed by atoms with Crippen LogP contribution in [0.2, 0.25) is 0 Å². The molecule has 4 nitrogen and oxygen atoms in total. The van der Waals surface area contributed by atoms with Crippen molar-refractivity contribution < 1.29 is 45.9 Å². The van der Waals surface area contributed by atoms with Gasteiger partial charge < -0.3 is 19.5 Å². The summed E-state index contributed by atoms with van der Waals surface area (Å²) in [6.45, 7) is 0. The topological polar surface area (TPSA) is 58.9 Å². The molecule has 0 aliphatic rings. The maximum atomic E-state index is 12.3. The second kappa shape index (κ2) is 9.53. The Kier molecular flexibility index (Phi) is 8.21. The van der Waals surface area contributed by atoms with Gasteiger partial charge in [-0.1, -0.05) is 0 Å². The molecule has 0 saturated carbocycles. The summed E-state index contributed by atoms with van der Waals surface area (Å²) in [6, 6.07) is 5.72. The molecule has 2 N–H and O–H groups in total. The number of hydrogen-bond donors (Lipinski definition) is 2. The Morgan fingerprint density at radius 1 is 0.786 bits per heavy atom. The van der Waals surface area contributed by atoms with E-state index in [-0.39, 0.29) is 11.2 Å². The predicted octanol–water partition coefficient (Wildman–Crippen LogP) is 3.87. The molecule has 0 amide bonds. The van der Waals surface area contributed by atoms with Crippen LogP contribution in [0.3, 0.4) is 0 Å². The fourth-order valence-electron chi connectivity index (χ4n) is 1.96. The van der Waals surface area contributed by atoms with Crippen LogP contribution in [0.1, 0.15) is 11.1 Å². The van der Waals surface area contributed by atoms with E-state index in [0.717, 1.165) is 24.3 Å². The van der Waals surface area contributed by atoms with Gasteiger partial charge in [-0.3, -0.25) is 0 Å². The van der Waals surface area contributed by atoms with E-state index in [0.29, 0.717) is 16.3 Å². The normalized spacial score (nSPS) is 11.4. The zero-order valence-electron chi connectivity index (χ0n) is 14.4. The van der Waals surface area contributed by atoms with Crippen molar-refractivity contribution in [3.63, 3.8) is 0 Å². The molecule has 154 valence electrons. The van der Waals surface area contributed by atoms with Crippen molar-refractivity contribution in [1.29, 1.82) is 0 Å². The van der Waals surface area contributed by atoms with Gasteiger partial charge in [0.2, 0.25) is 0 Å². The zero-order chi connectivity index (χ0) is 21.7. The highest BCUT2D eigenvalue weighted by Crippen LogP contribution is 2.34. The molecule has 0 spiro atoms. The Hall–Kier alpha value is -1.92. The van der Waals surface area contributed by atoms with Crippen LogP contribution in [0.5, 0.6) is 11.5 Å². The number of hydrogen-bond acceptors (Lipinski definition) is 4. The quantitative estimate of drug-likeness (QED) is 0.523. The minimum atomic E-state index is -4.52. The van der Waals surface area contributed by atoms with Crippen LogP contribution in [0.15, 0.2) is 40.9 Å². The van der Waals surface area contributed by atoms with Crippen molar-refractivity contribution >= 4 is 28.5 Å². The second-order valence-corrected chi connectivity index (χ2v) is 6.03. The lowest BCUT2D eigenvalue weighted by atomic mass is 9.78. The highest BCUT2D eigenvalue weighted by molar-refractivity contribution is 9.10. The number of halogens is 7. The van der Waals surface area contributed by atoms with Crippen molar-refractivity contribution in [2.45, 2.75) is 12.4 Å². The van der Waals surface area contributed by atoms with Gasteiger partial charge in [-0.25, -0.2) is 0 Å². The van der Waals surface area contributed by atoms with Crippen LogP contribution in [-0.2, 0) is 12.4 Å². The van der Waals surface area contributed by atoms with E-state index >= 15 is 0 Å². The molecule has 28 heavy (non-hydrogen) atoms. The second-order valence-electron chi connectivity index (χ2n) is 5.18. The van der Waals surface area contributed by atoms with E-state index in [9.17, 15) is 26.3 Å². The highest BCUT2D eigenvalue weighted by atomic mass is 79.9. The SMILES string of the molecule is COc1ccc(C(F)(F)F)cc1B(O)O.COc1ccc(C(F)(F)F)cc1Br. The van der Waals surface area contributed by atoms with Crippen molar-refractivity contribution in [3.05, 3.63) is 52.0 Å². The highest BCUT2D eigenvalue weighted by Gasteiger charge is 2.32. The molecular formula is C16H14BBrF6O4. The Bertz CT molecular complexity index is 796. The van der Waals surface area contributed by atoms with Gasteiger partial charge in [0.25, 0.3) is 0 Å². The number of ether oxygens (including phenoxy) is 2. The Morgan fingerprint density at radius 2 is 1.21 bits per heavy atom. The Balaban J connectivity index is 0.000000283. The Morgan fingerprint density at radius 3 is 1.57 bits per heavy atom. The van der Waals surface area contributed by atoms with Crippen molar-refractivity contribution in [2.24, 2.45) is 0 Å². The van der Waals surface area contributed by atoms with Gasteiger partial charge in [-0.15, -0.1) is 0 Å². The number of benzene rings is 2. The van der Waals surface area contributed by atoms with E-state index in [2.05, 4.69) is 20.7 Å². The van der Waals surface area contributed by atoms with Crippen LogP contribution in [0.4, 0.5) is 26.3 Å². The lowest BCUT2D eigenvalue weighted by molar-refractivity contribution is -0.138. The van der Waals surface area contributed by atoms with Crippen LogP contribution in [0.25, 0.3) is 0 Å². The van der Waals surface area contributed by atoms with Gasteiger partial charge in [0, 0.05) is 5.46 Å². The van der Waals surface area contributed by atoms with E-state index < -0.39 is 30.6 Å². The third kappa shape index (κ3) is 6.60. The molecule has 0 aliphatic heterocycles. The number of alkyl halides is 6. The maximum Gasteiger partial charge on any atom is 0.492 e. The van der Waals surface area contributed by atoms with Crippen LogP contribution >= 0.6 is 15.9 Å². The van der Waals surface area contributed by atoms with Crippen LogP contribution in [-0.4, -0.2) is 31.4 Å². The van der Waals surface area contributed by atoms with Gasteiger partial charge in [0.05, 0.1) is 29.8 Å². The lowest BCUT2D eigenvalue weighted by Gasteiger charge is -2.11. The molecule has 0 radical (unpaired) electrons. The van der Waals surface area contributed by atoms with E-state index in [1.54, 1.807) is 0 Å². The summed E-state index contributed by atoms with van der Waals surface area (Å²) in [5, 5.41) is 17.7. The van der Waals surface area contributed by atoms with Gasteiger partial charge in [-0.2, -0.15) is 26.3 Å². The van der Waals surface area contributed by atoms with Crippen LogP contribution < -0.4 is 14.9 Å². The van der Waals surface area contributed by atoms with Crippen molar-refractivity contribution in [3.8, 4) is 11.5 Å². The van der Waals surface area contributed by atoms with E-state index in [4.69, 9.17) is 14.8 Å². The summed E-state index contributed by atoms with van der Waals surface area (Å²) >= 11 is 2.97. The summed E-state index contributed by atoms with van der Waals surface area (Å²) in [6.07, 6.45) is -8.83. The molecule has 0 heterocycles. The summed E-state index contributed by atoms with van der Waals surface area (Å²) in [5.74, 6) is 0.381. The van der Waals surface area contributed by atoms with E-state index in [1.807, 2.05) is 0 Å². The van der Waals surface area contributed by atoms with Crippen LogP contribution in [0, 0.1) is 0 Å². The monoisotopic (exact) mass is 474 g/mol. The molecule has 2 rings (SSSR count). The molecule has 0 atom stereocenters. The fourth-order valence-corrected chi connectivity index (χ4v) is 2.50. The first-order valence-corrected chi connectivity index (χ1v) is 8.12. The lowest BCUT2D eigenvalue weighted by Crippen LogP contribution is -2.32. The van der Waals surface area contributed by atoms with Gasteiger partial charge in [-0.05, 0) is 52.3 Å². The van der Waals surface area contributed by atoms with Crippen molar-refractivity contribution in [2.75, 3.05) is 14.2 Å². The summed E-state index contributed by atoms with van der Waals surface area (Å²) in [4.78, 5) is 0. The maximum absolute atomic E-state index is 12.3. The standard InChI is InChI=1S/C8H8BF3O3.C8H6BrF3O/c1-15-7-3-2-5(8(10,11)12)4-6(7)9(13)14;1-13-7-3-2-5(4-6(7)9)8(10,11)12/h2-4,13-14H,1H3;2-4H,1H3. The first-order chi connectivity index (χ1) is 12.8. The molecule has 0 bridgehead atoms. The molecule has 2 aromatic carbocycles. The first-order valence-electron chi connectivity index (χ1n) is 7.33. The smallest absolute Gasteiger partial charge is 0.492 e. The largest absolute Gasteiger partial charge is 0.497 e. The van der Waals surface area contributed by atoms with E-state index in [1.165, 1.54) is 20.3 Å². The van der Waals surface area contributed by atoms with Gasteiger partial charge in [0.1, 0.15) is 11.5 Å². The summed E-state index contributed by atoms with van der Waals surface area (Å²) in [5.41, 5.74) is -1.96. The molecule has 12 heteroatoms. The fraction of sp³-hybridized carbons (Fsp3) is 0.250. The molecule has 0 aliphatic carbocycles. The molecule has 0 unspecified atom stereocenters. The number of methoxy groups -OCH3 is 2. The van der Waals surface area contributed by atoms with Gasteiger partial charge >= 0.3 is 19.5 Å². The average Bonchev–Trinajstić information content (AvgIpc) is 2.60. The average molecular weight is 475 g/mol.